The van der Waals surface area contributed by atoms with E-state index in [0.717, 1.165) is 5.92 Å². The third-order valence-electron chi connectivity index (χ3n) is 2.07. The average Bonchev–Trinajstić information content (AvgIpc) is 2.05. The van der Waals surface area contributed by atoms with Gasteiger partial charge in [-0.1, -0.05) is 32.4 Å². The molecule has 0 saturated heterocycles. The highest BCUT2D eigenvalue weighted by molar-refractivity contribution is 5.12. The molecule has 56 valence electrons. The van der Waals surface area contributed by atoms with E-state index in [2.05, 4.69) is 31.3 Å². The number of rotatable bonds is 2. The molecule has 0 bridgehead atoms. The Morgan fingerprint density at radius 1 is 1.50 bits per heavy atom. The minimum absolute atomic E-state index is 0.551. The molecule has 1 rings (SSSR count). The highest BCUT2D eigenvalue weighted by Crippen LogP contribution is 2.10. The van der Waals surface area contributed by atoms with Crippen molar-refractivity contribution in [2.24, 2.45) is 5.92 Å². The molecule has 0 amide bonds. The number of nitrogens with one attached hydrogen (secondary N) is 1. The lowest BCUT2D eigenvalue weighted by atomic mass is 9.98. The minimum atomic E-state index is 0.551. The Bertz CT molecular complexity index is 147. The summed E-state index contributed by atoms with van der Waals surface area (Å²) in [4.78, 5) is 0. The molecule has 1 aliphatic rings. The van der Waals surface area contributed by atoms with Crippen LogP contribution >= 0.6 is 0 Å². The van der Waals surface area contributed by atoms with Crippen LogP contribution in [0.4, 0.5) is 0 Å². The summed E-state index contributed by atoms with van der Waals surface area (Å²) in [6.07, 6.45) is 9.59. The van der Waals surface area contributed by atoms with Gasteiger partial charge in [-0.05, 0) is 18.2 Å². The predicted octanol–water partition coefficient (Wildman–Crippen LogP) is 2.07. The molecule has 2 unspecified atom stereocenters. The largest absolute Gasteiger partial charge is 0.384 e. The van der Waals surface area contributed by atoms with Crippen LogP contribution in [0, 0.1) is 5.92 Å². The second-order valence-electron chi connectivity index (χ2n) is 2.82. The molecule has 10 heavy (non-hydrogen) atoms. The van der Waals surface area contributed by atoms with Gasteiger partial charge in [-0.2, -0.15) is 0 Å². The molecule has 1 aliphatic heterocycles. The Balaban J connectivity index is 2.42. The lowest BCUT2D eigenvalue weighted by Crippen LogP contribution is -2.30. The van der Waals surface area contributed by atoms with E-state index >= 15 is 0 Å². The van der Waals surface area contributed by atoms with E-state index in [0.29, 0.717) is 6.04 Å². The fourth-order valence-corrected chi connectivity index (χ4v) is 1.07. The summed E-state index contributed by atoms with van der Waals surface area (Å²) in [5.74, 6) is 0.737. The number of hydrogen-bond donors (Lipinski definition) is 1. The summed E-state index contributed by atoms with van der Waals surface area (Å²) in [5, 5.41) is 3.30. The van der Waals surface area contributed by atoms with Crippen LogP contribution in [-0.4, -0.2) is 6.04 Å². The Hall–Kier alpha value is -0.720. The molecule has 0 saturated carbocycles. The Labute approximate surface area is 62.8 Å². The first kappa shape index (κ1) is 7.39. The highest BCUT2D eigenvalue weighted by atomic mass is 14.9. The predicted molar refractivity (Wildman–Crippen MR) is 44.7 cm³/mol. The fourth-order valence-electron chi connectivity index (χ4n) is 1.07. The van der Waals surface area contributed by atoms with Gasteiger partial charge < -0.3 is 5.32 Å². The molecular weight excluding hydrogens is 122 g/mol. The number of allylic oxidation sites excluding steroid dienone is 2. The molecular formula is C9H15N. The summed E-state index contributed by atoms with van der Waals surface area (Å²) in [7, 11) is 0. The third-order valence-corrected chi connectivity index (χ3v) is 2.07. The Morgan fingerprint density at radius 2 is 2.30 bits per heavy atom. The standard InChI is InChI=1S/C9H15N/c1-3-8(2)9-6-4-5-7-10-9/h4-10H,3H2,1-2H3. The SMILES string of the molecule is CCC(C)C1C=CC=CN1. The molecule has 0 aromatic carbocycles. The molecule has 2 atom stereocenters. The Morgan fingerprint density at radius 3 is 2.80 bits per heavy atom. The first-order valence-electron chi connectivity index (χ1n) is 3.94. The summed E-state index contributed by atoms with van der Waals surface area (Å²) in [5.41, 5.74) is 0. The average molecular weight is 137 g/mol. The molecule has 1 heteroatoms. The van der Waals surface area contributed by atoms with Crippen LogP contribution in [0.25, 0.3) is 0 Å². The fraction of sp³-hybridized carbons (Fsp3) is 0.556. The van der Waals surface area contributed by atoms with Gasteiger partial charge in [0.15, 0.2) is 0 Å². The van der Waals surface area contributed by atoms with Gasteiger partial charge in [0.25, 0.3) is 0 Å². The van der Waals surface area contributed by atoms with E-state index in [1.807, 2.05) is 12.3 Å². The summed E-state index contributed by atoms with van der Waals surface area (Å²) >= 11 is 0. The van der Waals surface area contributed by atoms with Crippen LogP contribution < -0.4 is 5.32 Å². The normalized spacial score (nSPS) is 26.0. The van der Waals surface area contributed by atoms with Crippen LogP contribution in [0.1, 0.15) is 20.3 Å². The van der Waals surface area contributed by atoms with Crippen LogP contribution in [0.15, 0.2) is 24.4 Å². The molecule has 1 N–H and O–H groups in total. The van der Waals surface area contributed by atoms with Crippen molar-refractivity contribution in [3.8, 4) is 0 Å². The maximum Gasteiger partial charge on any atom is 0.0467 e. The van der Waals surface area contributed by atoms with Crippen molar-refractivity contribution in [1.29, 1.82) is 0 Å². The summed E-state index contributed by atoms with van der Waals surface area (Å²) in [6.45, 7) is 4.49. The number of hydrogen-bond acceptors (Lipinski definition) is 1. The molecule has 1 nitrogen and oxygen atoms in total. The minimum Gasteiger partial charge on any atom is -0.384 e. The van der Waals surface area contributed by atoms with E-state index in [1.54, 1.807) is 0 Å². The zero-order chi connectivity index (χ0) is 7.40. The Kier molecular flexibility index (Phi) is 2.55. The smallest absolute Gasteiger partial charge is 0.0467 e. The van der Waals surface area contributed by atoms with Gasteiger partial charge in [0, 0.05) is 6.04 Å². The third kappa shape index (κ3) is 1.63. The maximum absolute atomic E-state index is 3.30. The zero-order valence-electron chi connectivity index (χ0n) is 6.67. The molecule has 0 aliphatic carbocycles. The zero-order valence-corrected chi connectivity index (χ0v) is 6.67. The van der Waals surface area contributed by atoms with Crippen LogP contribution in [0.3, 0.4) is 0 Å². The van der Waals surface area contributed by atoms with Crippen molar-refractivity contribution < 1.29 is 0 Å². The molecule has 1 heterocycles. The molecule has 0 aromatic heterocycles. The lowest BCUT2D eigenvalue weighted by Gasteiger charge is -2.21. The summed E-state index contributed by atoms with van der Waals surface area (Å²) < 4.78 is 0. The van der Waals surface area contributed by atoms with Crippen LogP contribution in [0.5, 0.6) is 0 Å². The van der Waals surface area contributed by atoms with E-state index in [9.17, 15) is 0 Å². The molecule has 0 aromatic rings. The van der Waals surface area contributed by atoms with E-state index < -0.39 is 0 Å². The van der Waals surface area contributed by atoms with Crippen LogP contribution in [-0.2, 0) is 0 Å². The molecule has 0 spiro atoms. The van der Waals surface area contributed by atoms with Crippen molar-refractivity contribution >= 4 is 0 Å². The van der Waals surface area contributed by atoms with E-state index in [-0.39, 0.29) is 0 Å². The van der Waals surface area contributed by atoms with Crippen molar-refractivity contribution in [3.63, 3.8) is 0 Å². The van der Waals surface area contributed by atoms with Crippen molar-refractivity contribution in [2.75, 3.05) is 0 Å². The summed E-state index contributed by atoms with van der Waals surface area (Å²) in [6, 6.07) is 0.551. The van der Waals surface area contributed by atoms with Gasteiger partial charge in [0.1, 0.15) is 0 Å². The molecule has 0 fully saturated rings. The first-order chi connectivity index (χ1) is 4.84. The van der Waals surface area contributed by atoms with Gasteiger partial charge in [0.2, 0.25) is 0 Å². The quantitative estimate of drug-likeness (QED) is 0.614. The molecule has 0 radical (unpaired) electrons. The van der Waals surface area contributed by atoms with E-state index in [1.165, 1.54) is 6.42 Å². The van der Waals surface area contributed by atoms with Gasteiger partial charge in [-0.3, -0.25) is 0 Å². The van der Waals surface area contributed by atoms with Crippen LogP contribution in [0.2, 0.25) is 0 Å². The van der Waals surface area contributed by atoms with Gasteiger partial charge in [0.05, 0.1) is 0 Å². The van der Waals surface area contributed by atoms with Crippen molar-refractivity contribution in [3.05, 3.63) is 24.4 Å². The lowest BCUT2D eigenvalue weighted by molar-refractivity contribution is 0.458. The van der Waals surface area contributed by atoms with Gasteiger partial charge >= 0.3 is 0 Å². The maximum atomic E-state index is 3.30. The van der Waals surface area contributed by atoms with Crippen molar-refractivity contribution in [1.82, 2.24) is 5.32 Å². The topological polar surface area (TPSA) is 12.0 Å². The second kappa shape index (κ2) is 3.45. The monoisotopic (exact) mass is 137 g/mol. The van der Waals surface area contributed by atoms with Gasteiger partial charge in [-0.25, -0.2) is 0 Å². The van der Waals surface area contributed by atoms with E-state index in [4.69, 9.17) is 0 Å². The number of dihydropyridines is 1. The second-order valence-corrected chi connectivity index (χ2v) is 2.82. The van der Waals surface area contributed by atoms with Gasteiger partial charge in [-0.15, -0.1) is 0 Å². The first-order valence-corrected chi connectivity index (χ1v) is 3.94. The van der Waals surface area contributed by atoms with Crippen molar-refractivity contribution in [2.45, 2.75) is 26.3 Å². The highest BCUT2D eigenvalue weighted by Gasteiger charge is 2.10.